The molecule has 1 atom stereocenters. The minimum Gasteiger partial charge on any atom is -0.385 e. The summed E-state index contributed by atoms with van der Waals surface area (Å²) in [5.41, 5.74) is 1.34. The molecule has 0 fully saturated rings. The van der Waals surface area contributed by atoms with E-state index in [1.54, 1.807) is 14.2 Å². The van der Waals surface area contributed by atoms with Gasteiger partial charge in [-0.25, -0.2) is 0 Å². The molecule has 0 heterocycles. The van der Waals surface area contributed by atoms with Crippen LogP contribution in [0.1, 0.15) is 18.0 Å². The number of rotatable bonds is 11. The Balaban J connectivity index is 2.74. The van der Waals surface area contributed by atoms with Gasteiger partial charge < -0.3 is 14.8 Å². The monoisotopic (exact) mass is 280 g/mol. The van der Waals surface area contributed by atoms with Crippen molar-refractivity contribution >= 4 is 0 Å². The Labute approximate surface area is 123 Å². The van der Waals surface area contributed by atoms with Gasteiger partial charge in [-0.3, -0.25) is 4.90 Å². The third-order valence-corrected chi connectivity index (χ3v) is 3.40. The molecule has 1 aromatic carbocycles. The van der Waals surface area contributed by atoms with Crippen molar-refractivity contribution in [3.05, 3.63) is 35.9 Å². The van der Waals surface area contributed by atoms with Gasteiger partial charge in [0.15, 0.2) is 0 Å². The summed E-state index contributed by atoms with van der Waals surface area (Å²) in [4.78, 5) is 2.47. The lowest BCUT2D eigenvalue weighted by molar-refractivity contribution is 0.106. The summed E-state index contributed by atoms with van der Waals surface area (Å²) in [5, 5.41) is 3.30. The van der Waals surface area contributed by atoms with Crippen molar-refractivity contribution in [1.82, 2.24) is 10.2 Å². The molecule has 1 N–H and O–H groups in total. The second kappa shape index (κ2) is 10.8. The van der Waals surface area contributed by atoms with Crippen LogP contribution in [0.25, 0.3) is 0 Å². The van der Waals surface area contributed by atoms with E-state index in [9.17, 15) is 0 Å². The first kappa shape index (κ1) is 17.1. The highest BCUT2D eigenvalue weighted by Gasteiger charge is 2.19. The number of ether oxygens (including phenoxy) is 2. The Bertz CT molecular complexity index is 333. The molecule has 4 nitrogen and oxygen atoms in total. The number of nitrogens with one attached hydrogen (secondary N) is 1. The van der Waals surface area contributed by atoms with Gasteiger partial charge in [0, 0.05) is 46.5 Å². The van der Waals surface area contributed by atoms with Crippen LogP contribution in [0.4, 0.5) is 0 Å². The van der Waals surface area contributed by atoms with Crippen LogP contribution in [0.2, 0.25) is 0 Å². The molecule has 4 heteroatoms. The van der Waals surface area contributed by atoms with Gasteiger partial charge >= 0.3 is 0 Å². The molecule has 0 spiro atoms. The van der Waals surface area contributed by atoms with Gasteiger partial charge in [-0.1, -0.05) is 30.3 Å². The van der Waals surface area contributed by atoms with Gasteiger partial charge in [-0.15, -0.1) is 0 Å². The van der Waals surface area contributed by atoms with Crippen LogP contribution >= 0.6 is 0 Å². The first-order valence-electron chi connectivity index (χ1n) is 7.25. The van der Waals surface area contributed by atoms with E-state index in [0.29, 0.717) is 6.04 Å². The van der Waals surface area contributed by atoms with Gasteiger partial charge in [0.05, 0.1) is 6.61 Å². The van der Waals surface area contributed by atoms with E-state index in [2.05, 4.69) is 40.5 Å². The fraction of sp³-hybridized carbons (Fsp3) is 0.625. The van der Waals surface area contributed by atoms with Crippen LogP contribution in [-0.2, 0) is 9.47 Å². The summed E-state index contributed by atoms with van der Waals surface area (Å²) >= 11 is 0. The largest absolute Gasteiger partial charge is 0.385 e. The van der Waals surface area contributed by atoms with Crippen LogP contribution in [0.3, 0.4) is 0 Å². The standard InChI is InChI=1S/C16H28N2O2/c1-17-14-16(15-8-5-4-6-9-15)18(11-13-20-3)10-7-12-19-2/h4-6,8-9,16-17H,7,10-14H2,1-3H3. The summed E-state index contributed by atoms with van der Waals surface area (Å²) in [7, 11) is 5.50. The van der Waals surface area contributed by atoms with E-state index < -0.39 is 0 Å². The lowest BCUT2D eigenvalue weighted by Crippen LogP contribution is -2.38. The maximum atomic E-state index is 5.25. The van der Waals surface area contributed by atoms with Crippen LogP contribution in [0.5, 0.6) is 0 Å². The van der Waals surface area contributed by atoms with Gasteiger partial charge in [0.1, 0.15) is 0 Å². The molecule has 1 aromatic rings. The Hall–Kier alpha value is -0.940. The molecule has 0 bridgehead atoms. The number of hydrogen-bond donors (Lipinski definition) is 1. The SMILES string of the molecule is CNCC(c1ccccc1)N(CCCOC)CCOC. The third kappa shape index (κ3) is 6.01. The van der Waals surface area contributed by atoms with E-state index in [1.165, 1.54) is 5.56 Å². The molecule has 20 heavy (non-hydrogen) atoms. The van der Waals surface area contributed by atoms with Crippen LogP contribution in [0, 0.1) is 0 Å². The van der Waals surface area contributed by atoms with E-state index in [-0.39, 0.29) is 0 Å². The van der Waals surface area contributed by atoms with Crippen molar-refractivity contribution in [2.45, 2.75) is 12.5 Å². The molecule has 1 rings (SSSR count). The summed E-state index contributed by atoms with van der Waals surface area (Å²) in [5.74, 6) is 0. The Morgan fingerprint density at radius 3 is 2.35 bits per heavy atom. The molecule has 0 saturated heterocycles. The number of likely N-dealkylation sites (N-methyl/N-ethyl adjacent to an activating group) is 1. The summed E-state index contributed by atoms with van der Waals surface area (Å²) in [6.45, 7) is 4.42. The second-order valence-electron chi connectivity index (χ2n) is 4.86. The Morgan fingerprint density at radius 1 is 1.05 bits per heavy atom. The molecule has 114 valence electrons. The normalized spacial score (nSPS) is 12.8. The number of nitrogens with zero attached hydrogens (tertiary/aromatic N) is 1. The highest BCUT2D eigenvalue weighted by atomic mass is 16.5. The van der Waals surface area contributed by atoms with Crippen molar-refractivity contribution in [1.29, 1.82) is 0 Å². The molecular weight excluding hydrogens is 252 g/mol. The number of methoxy groups -OCH3 is 2. The maximum Gasteiger partial charge on any atom is 0.0589 e. The summed E-state index contributed by atoms with van der Waals surface area (Å²) in [6, 6.07) is 11.0. The van der Waals surface area contributed by atoms with Crippen LogP contribution < -0.4 is 5.32 Å². The fourth-order valence-electron chi connectivity index (χ4n) is 2.37. The van der Waals surface area contributed by atoms with E-state index in [1.807, 2.05) is 7.05 Å². The smallest absolute Gasteiger partial charge is 0.0589 e. The van der Waals surface area contributed by atoms with Crippen molar-refractivity contribution in [3.8, 4) is 0 Å². The van der Waals surface area contributed by atoms with Crippen molar-refractivity contribution in [2.75, 3.05) is 54.1 Å². The lowest BCUT2D eigenvalue weighted by atomic mass is 10.0. The minimum atomic E-state index is 0.369. The van der Waals surface area contributed by atoms with Gasteiger partial charge in [0.2, 0.25) is 0 Å². The summed E-state index contributed by atoms with van der Waals surface area (Å²) < 4.78 is 10.4. The van der Waals surface area contributed by atoms with E-state index in [0.717, 1.165) is 39.3 Å². The zero-order valence-electron chi connectivity index (χ0n) is 13.0. The van der Waals surface area contributed by atoms with Gasteiger partial charge in [-0.05, 0) is 19.0 Å². The van der Waals surface area contributed by atoms with Crippen molar-refractivity contribution in [2.24, 2.45) is 0 Å². The second-order valence-corrected chi connectivity index (χ2v) is 4.86. The highest BCUT2D eigenvalue weighted by molar-refractivity contribution is 5.19. The molecule has 0 aliphatic carbocycles. The fourth-order valence-corrected chi connectivity index (χ4v) is 2.37. The van der Waals surface area contributed by atoms with Crippen LogP contribution in [-0.4, -0.2) is 59.0 Å². The molecule has 0 aliphatic rings. The Kier molecular flexibility index (Phi) is 9.24. The van der Waals surface area contributed by atoms with Crippen molar-refractivity contribution in [3.63, 3.8) is 0 Å². The molecule has 0 saturated carbocycles. The van der Waals surface area contributed by atoms with Crippen molar-refractivity contribution < 1.29 is 9.47 Å². The minimum absolute atomic E-state index is 0.369. The van der Waals surface area contributed by atoms with E-state index in [4.69, 9.17) is 9.47 Å². The number of hydrogen-bond acceptors (Lipinski definition) is 4. The van der Waals surface area contributed by atoms with E-state index >= 15 is 0 Å². The quantitative estimate of drug-likeness (QED) is 0.628. The molecule has 0 radical (unpaired) electrons. The zero-order chi connectivity index (χ0) is 14.6. The molecule has 0 aliphatic heterocycles. The Morgan fingerprint density at radius 2 is 1.75 bits per heavy atom. The lowest BCUT2D eigenvalue weighted by Gasteiger charge is -2.32. The average Bonchev–Trinajstić information content (AvgIpc) is 2.50. The predicted octanol–water partition coefficient (Wildman–Crippen LogP) is 1.93. The average molecular weight is 280 g/mol. The summed E-state index contributed by atoms with van der Waals surface area (Å²) in [6.07, 6.45) is 1.03. The first-order valence-corrected chi connectivity index (χ1v) is 7.25. The highest BCUT2D eigenvalue weighted by Crippen LogP contribution is 2.20. The van der Waals surface area contributed by atoms with Gasteiger partial charge in [-0.2, -0.15) is 0 Å². The van der Waals surface area contributed by atoms with Crippen LogP contribution in [0.15, 0.2) is 30.3 Å². The molecular formula is C16H28N2O2. The predicted molar refractivity (Wildman–Crippen MR) is 83.1 cm³/mol. The first-order chi connectivity index (χ1) is 9.83. The topological polar surface area (TPSA) is 33.7 Å². The maximum absolute atomic E-state index is 5.25. The third-order valence-electron chi connectivity index (χ3n) is 3.40. The number of benzene rings is 1. The molecule has 0 amide bonds. The van der Waals surface area contributed by atoms with Gasteiger partial charge in [0.25, 0.3) is 0 Å². The molecule has 0 aromatic heterocycles. The zero-order valence-corrected chi connectivity index (χ0v) is 13.0. The molecule has 1 unspecified atom stereocenters.